The topological polar surface area (TPSA) is 39.1 Å². The summed E-state index contributed by atoms with van der Waals surface area (Å²) in [5, 5.41) is 3.51. The van der Waals surface area contributed by atoms with Crippen LogP contribution in [-0.2, 0) is 0 Å². The Balaban J connectivity index is 1.83. The van der Waals surface area contributed by atoms with Gasteiger partial charge in [-0.3, -0.25) is 0 Å². The third kappa shape index (κ3) is 1.99. The highest BCUT2D eigenvalue weighted by Gasteiger charge is 2.31. The lowest BCUT2D eigenvalue weighted by atomic mass is 9.99. The number of ether oxygens (including phenoxy) is 1. The lowest BCUT2D eigenvalue weighted by Crippen LogP contribution is -2.30. The van der Waals surface area contributed by atoms with Crippen LogP contribution in [0.4, 0.5) is 0 Å². The van der Waals surface area contributed by atoms with Gasteiger partial charge in [0.2, 0.25) is 0 Å². The predicted molar refractivity (Wildman–Crippen MR) is 79.4 cm³/mol. The van der Waals surface area contributed by atoms with E-state index in [2.05, 4.69) is 22.0 Å². The molecule has 0 amide bonds. The molecule has 2 fully saturated rings. The summed E-state index contributed by atoms with van der Waals surface area (Å²) in [5.74, 6) is 2.73. The maximum absolute atomic E-state index is 5.33. The molecule has 4 nitrogen and oxygen atoms in total. The Labute approximate surface area is 119 Å². The second-order valence-corrected chi connectivity index (χ2v) is 5.97. The molecule has 1 unspecified atom stereocenters. The summed E-state index contributed by atoms with van der Waals surface area (Å²) in [6, 6.07) is 6.95. The number of methoxy groups -OCH3 is 1. The van der Waals surface area contributed by atoms with Crippen molar-refractivity contribution in [1.82, 2.24) is 14.9 Å². The Morgan fingerprint density at radius 2 is 2.20 bits per heavy atom. The highest BCUT2D eigenvalue weighted by molar-refractivity contribution is 5.78. The van der Waals surface area contributed by atoms with Crippen molar-refractivity contribution in [2.45, 2.75) is 37.6 Å². The summed E-state index contributed by atoms with van der Waals surface area (Å²) >= 11 is 0. The summed E-state index contributed by atoms with van der Waals surface area (Å²) in [7, 11) is 1.71. The molecule has 1 aromatic heterocycles. The molecule has 0 bridgehead atoms. The number of rotatable bonds is 3. The number of nitrogens with one attached hydrogen (secondary N) is 1. The molecule has 4 rings (SSSR count). The minimum Gasteiger partial charge on any atom is -0.497 e. The van der Waals surface area contributed by atoms with Crippen molar-refractivity contribution in [2.75, 3.05) is 20.2 Å². The van der Waals surface area contributed by atoms with E-state index in [9.17, 15) is 0 Å². The van der Waals surface area contributed by atoms with E-state index in [0.29, 0.717) is 12.0 Å². The van der Waals surface area contributed by atoms with Crippen LogP contribution in [0.15, 0.2) is 18.2 Å². The van der Waals surface area contributed by atoms with Gasteiger partial charge >= 0.3 is 0 Å². The van der Waals surface area contributed by atoms with Crippen LogP contribution < -0.4 is 10.1 Å². The first-order valence-electron chi connectivity index (χ1n) is 7.63. The minimum atomic E-state index is 0.558. The maximum Gasteiger partial charge on any atom is 0.121 e. The van der Waals surface area contributed by atoms with Crippen molar-refractivity contribution < 1.29 is 4.74 Å². The zero-order valence-electron chi connectivity index (χ0n) is 11.9. The van der Waals surface area contributed by atoms with E-state index in [1.54, 1.807) is 7.11 Å². The Hall–Kier alpha value is -1.55. The van der Waals surface area contributed by atoms with Crippen molar-refractivity contribution in [3.8, 4) is 5.75 Å². The SMILES string of the molecule is COc1ccc2c(c1)nc(C1CCCNC1)n2C1CC1. The average Bonchev–Trinajstić information content (AvgIpc) is 3.27. The molecule has 1 saturated carbocycles. The smallest absolute Gasteiger partial charge is 0.121 e. The van der Waals surface area contributed by atoms with Crippen molar-refractivity contribution in [2.24, 2.45) is 0 Å². The second-order valence-electron chi connectivity index (χ2n) is 5.97. The largest absolute Gasteiger partial charge is 0.497 e. The van der Waals surface area contributed by atoms with Crippen LogP contribution in [0.3, 0.4) is 0 Å². The van der Waals surface area contributed by atoms with Gasteiger partial charge in [0.15, 0.2) is 0 Å². The number of fused-ring (bicyclic) bond motifs is 1. The third-order valence-corrected chi connectivity index (χ3v) is 4.50. The van der Waals surface area contributed by atoms with Gasteiger partial charge in [-0.1, -0.05) is 0 Å². The fourth-order valence-electron chi connectivity index (χ4n) is 3.30. The highest BCUT2D eigenvalue weighted by atomic mass is 16.5. The van der Waals surface area contributed by atoms with Gasteiger partial charge in [-0.15, -0.1) is 0 Å². The molecule has 1 aliphatic carbocycles. The van der Waals surface area contributed by atoms with E-state index >= 15 is 0 Å². The molecule has 4 heteroatoms. The Morgan fingerprint density at radius 1 is 1.30 bits per heavy atom. The fraction of sp³-hybridized carbons (Fsp3) is 0.562. The Bertz CT molecular complexity index is 624. The predicted octanol–water partition coefficient (Wildman–Crippen LogP) is 2.85. The van der Waals surface area contributed by atoms with E-state index < -0.39 is 0 Å². The van der Waals surface area contributed by atoms with Crippen LogP contribution in [0, 0.1) is 0 Å². The van der Waals surface area contributed by atoms with Crippen LogP contribution in [0.5, 0.6) is 5.75 Å². The molecule has 1 aromatic carbocycles. The summed E-state index contributed by atoms with van der Waals surface area (Å²) in [4.78, 5) is 4.95. The van der Waals surface area contributed by atoms with E-state index in [-0.39, 0.29) is 0 Å². The standard InChI is InChI=1S/C16H21N3O/c1-20-13-6-7-15-14(9-13)18-16(19(15)12-4-5-12)11-3-2-8-17-10-11/h6-7,9,11-12,17H,2-5,8,10H2,1H3. The van der Waals surface area contributed by atoms with Crippen LogP contribution in [0.25, 0.3) is 11.0 Å². The lowest BCUT2D eigenvalue weighted by Gasteiger charge is -2.23. The quantitative estimate of drug-likeness (QED) is 0.933. The van der Waals surface area contributed by atoms with E-state index in [1.807, 2.05) is 6.07 Å². The van der Waals surface area contributed by atoms with Crippen molar-refractivity contribution in [3.05, 3.63) is 24.0 Å². The molecule has 2 heterocycles. The van der Waals surface area contributed by atoms with Crippen molar-refractivity contribution in [3.63, 3.8) is 0 Å². The first-order chi connectivity index (χ1) is 9.86. The number of imidazole rings is 1. The number of aromatic nitrogens is 2. The number of hydrogen-bond donors (Lipinski definition) is 1. The molecular formula is C16H21N3O. The monoisotopic (exact) mass is 271 g/mol. The molecule has 1 N–H and O–H groups in total. The summed E-state index contributed by atoms with van der Waals surface area (Å²) in [6.45, 7) is 2.21. The normalized spacial score (nSPS) is 23.1. The number of nitrogens with zero attached hydrogens (tertiary/aromatic N) is 2. The molecule has 1 saturated heterocycles. The van der Waals surface area contributed by atoms with Gasteiger partial charge < -0.3 is 14.6 Å². The van der Waals surface area contributed by atoms with Crippen LogP contribution >= 0.6 is 0 Å². The van der Waals surface area contributed by atoms with Crippen molar-refractivity contribution in [1.29, 1.82) is 0 Å². The zero-order valence-corrected chi connectivity index (χ0v) is 11.9. The molecule has 20 heavy (non-hydrogen) atoms. The third-order valence-electron chi connectivity index (χ3n) is 4.50. The molecule has 106 valence electrons. The first kappa shape index (κ1) is 12.2. The maximum atomic E-state index is 5.33. The van der Waals surface area contributed by atoms with E-state index in [0.717, 1.165) is 24.4 Å². The van der Waals surface area contributed by atoms with Crippen LogP contribution in [-0.4, -0.2) is 29.8 Å². The van der Waals surface area contributed by atoms with Gasteiger partial charge in [-0.25, -0.2) is 4.98 Å². The molecular weight excluding hydrogens is 250 g/mol. The number of benzene rings is 1. The molecule has 0 radical (unpaired) electrons. The Kier molecular flexibility index (Phi) is 2.91. The fourth-order valence-corrected chi connectivity index (χ4v) is 3.30. The van der Waals surface area contributed by atoms with Gasteiger partial charge in [0.1, 0.15) is 11.6 Å². The van der Waals surface area contributed by atoms with Gasteiger partial charge in [0.05, 0.1) is 18.1 Å². The van der Waals surface area contributed by atoms with Gasteiger partial charge in [0.25, 0.3) is 0 Å². The van der Waals surface area contributed by atoms with Crippen LogP contribution in [0.2, 0.25) is 0 Å². The minimum absolute atomic E-state index is 0.558. The molecule has 0 spiro atoms. The Morgan fingerprint density at radius 3 is 2.90 bits per heavy atom. The second kappa shape index (κ2) is 4.77. The molecule has 2 aromatic rings. The molecule has 2 aliphatic rings. The number of hydrogen-bond acceptors (Lipinski definition) is 3. The van der Waals surface area contributed by atoms with Gasteiger partial charge in [-0.05, 0) is 44.4 Å². The zero-order chi connectivity index (χ0) is 13.5. The highest BCUT2D eigenvalue weighted by Crippen LogP contribution is 2.41. The molecule has 1 atom stereocenters. The van der Waals surface area contributed by atoms with Gasteiger partial charge in [0, 0.05) is 24.6 Å². The lowest BCUT2D eigenvalue weighted by molar-refractivity contribution is 0.415. The van der Waals surface area contributed by atoms with E-state index in [1.165, 1.54) is 37.0 Å². The summed E-state index contributed by atoms with van der Waals surface area (Å²) < 4.78 is 7.82. The van der Waals surface area contributed by atoms with Crippen molar-refractivity contribution >= 4 is 11.0 Å². The first-order valence-corrected chi connectivity index (χ1v) is 7.63. The van der Waals surface area contributed by atoms with Gasteiger partial charge in [-0.2, -0.15) is 0 Å². The summed E-state index contributed by atoms with van der Waals surface area (Å²) in [6.07, 6.45) is 5.09. The summed E-state index contributed by atoms with van der Waals surface area (Å²) in [5.41, 5.74) is 2.35. The van der Waals surface area contributed by atoms with Crippen LogP contribution in [0.1, 0.15) is 43.5 Å². The average molecular weight is 271 g/mol. The number of piperidine rings is 1. The van der Waals surface area contributed by atoms with E-state index in [4.69, 9.17) is 9.72 Å². The molecule has 1 aliphatic heterocycles.